The summed E-state index contributed by atoms with van der Waals surface area (Å²) < 4.78 is 0. The molecule has 17 heavy (non-hydrogen) atoms. The Balaban J connectivity index is 2.65. The van der Waals surface area contributed by atoms with Gasteiger partial charge in [-0.3, -0.25) is 0 Å². The zero-order valence-corrected chi connectivity index (χ0v) is 11.7. The third-order valence-corrected chi connectivity index (χ3v) is 2.59. The maximum Gasteiger partial charge on any atom is 0.128 e. The first-order chi connectivity index (χ1) is 7.97. The van der Waals surface area contributed by atoms with E-state index in [4.69, 9.17) is 0 Å². The van der Waals surface area contributed by atoms with Crippen LogP contribution in [0.5, 0.6) is 0 Å². The molecule has 0 spiro atoms. The van der Waals surface area contributed by atoms with Gasteiger partial charge in [0.25, 0.3) is 0 Å². The van der Waals surface area contributed by atoms with Gasteiger partial charge in [-0.1, -0.05) is 27.7 Å². The van der Waals surface area contributed by atoms with Crippen LogP contribution in [0.1, 0.15) is 51.3 Å². The molecular weight excluding hydrogens is 210 g/mol. The molecule has 0 fully saturated rings. The van der Waals surface area contributed by atoms with Crippen molar-refractivity contribution in [3.05, 3.63) is 23.3 Å². The minimum absolute atomic E-state index is 0.490. The highest BCUT2D eigenvalue weighted by Crippen LogP contribution is 2.07. The summed E-state index contributed by atoms with van der Waals surface area (Å²) in [6.45, 7) is 11.6. The Morgan fingerprint density at radius 3 is 2.47 bits per heavy atom. The Hall–Kier alpha value is -0.960. The van der Waals surface area contributed by atoms with Crippen molar-refractivity contribution in [2.45, 2.75) is 60.0 Å². The molecule has 1 aromatic rings. The third-order valence-electron chi connectivity index (χ3n) is 2.59. The van der Waals surface area contributed by atoms with Crippen LogP contribution in [-0.4, -0.2) is 16.0 Å². The third kappa shape index (κ3) is 5.78. The monoisotopic (exact) mass is 235 g/mol. The molecule has 3 heteroatoms. The van der Waals surface area contributed by atoms with Crippen LogP contribution in [-0.2, 0) is 13.0 Å². The summed E-state index contributed by atoms with van der Waals surface area (Å²) in [5.41, 5.74) is 2.17. The van der Waals surface area contributed by atoms with Gasteiger partial charge in [-0.05, 0) is 25.3 Å². The van der Waals surface area contributed by atoms with Crippen LogP contribution in [0.2, 0.25) is 0 Å². The van der Waals surface area contributed by atoms with Gasteiger partial charge in [-0.25, -0.2) is 9.97 Å². The van der Waals surface area contributed by atoms with Gasteiger partial charge in [0, 0.05) is 24.7 Å². The molecule has 3 nitrogen and oxygen atoms in total. The Morgan fingerprint density at radius 1 is 1.18 bits per heavy atom. The lowest BCUT2D eigenvalue weighted by atomic mass is 10.1. The van der Waals surface area contributed by atoms with Crippen molar-refractivity contribution in [3.63, 3.8) is 0 Å². The van der Waals surface area contributed by atoms with E-state index < -0.39 is 0 Å². The van der Waals surface area contributed by atoms with E-state index in [1.54, 1.807) is 0 Å². The van der Waals surface area contributed by atoms with Crippen molar-refractivity contribution in [2.24, 2.45) is 5.92 Å². The van der Waals surface area contributed by atoms with Gasteiger partial charge >= 0.3 is 0 Å². The molecule has 96 valence electrons. The quantitative estimate of drug-likeness (QED) is 0.824. The number of aromatic nitrogens is 2. The minimum atomic E-state index is 0.490. The molecule has 1 N–H and O–H groups in total. The second-order valence-corrected chi connectivity index (χ2v) is 5.39. The lowest BCUT2D eigenvalue weighted by molar-refractivity contribution is 0.561. The van der Waals surface area contributed by atoms with Gasteiger partial charge in [0.1, 0.15) is 5.82 Å². The van der Waals surface area contributed by atoms with Crippen LogP contribution in [0.15, 0.2) is 6.07 Å². The average Bonchev–Trinajstić information content (AvgIpc) is 2.23. The predicted molar refractivity (Wildman–Crippen MR) is 71.9 cm³/mol. The fraction of sp³-hybridized carbons (Fsp3) is 0.714. The zero-order chi connectivity index (χ0) is 12.8. The molecule has 0 aliphatic heterocycles. The topological polar surface area (TPSA) is 37.8 Å². The second kappa shape index (κ2) is 6.70. The minimum Gasteiger partial charge on any atom is -0.309 e. The Labute approximate surface area is 105 Å². The van der Waals surface area contributed by atoms with Gasteiger partial charge in [-0.2, -0.15) is 0 Å². The van der Waals surface area contributed by atoms with E-state index in [0.29, 0.717) is 12.0 Å². The van der Waals surface area contributed by atoms with E-state index in [1.807, 2.05) is 6.92 Å². The number of nitrogens with one attached hydrogen (secondary N) is 1. The molecule has 0 atom stereocenters. The van der Waals surface area contributed by atoms with Crippen molar-refractivity contribution in [2.75, 3.05) is 0 Å². The highest BCUT2D eigenvalue weighted by atomic mass is 14.9. The number of aryl methyl sites for hydroxylation is 2. The number of hydrogen-bond donors (Lipinski definition) is 1. The van der Waals surface area contributed by atoms with E-state index in [2.05, 4.69) is 49.0 Å². The Kier molecular flexibility index (Phi) is 5.56. The van der Waals surface area contributed by atoms with Crippen LogP contribution in [0.25, 0.3) is 0 Å². The van der Waals surface area contributed by atoms with Crippen LogP contribution in [0.4, 0.5) is 0 Å². The van der Waals surface area contributed by atoms with Gasteiger partial charge in [0.2, 0.25) is 0 Å². The lowest BCUT2D eigenvalue weighted by Crippen LogP contribution is -2.23. The maximum absolute atomic E-state index is 4.60. The number of hydrogen-bond acceptors (Lipinski definition) is 3. The molecule has 0 bridgehead atoms. The van der Waals surface area contributed by atoms with E-state index in [9.17, 15) is 0 Å². The van der Waals surface area contributed by atoms with E-state index in [-0.39, 0.29) is 0 Å². The van der Waals surface area contributed by atoms with Gasteiger partial charge in [-0.15, -0.1) is 0 Å². The molecule has 0 aliphatic rings. The molecule has 0 aromatic carbocycles. The second-order valence-electron chi connectivity index (χ2n) is 5.39. The molecule has 0 unspecified atom stereocenters. The Morgan fingerprint density at radius 2 is 1.88 bits per heavy atom. The summed E-state index contributed by atoms with van der Waals surface area (Å²) in [5.74, 6) is 1.69. The van der Waals surface area contributed by atoms with Crippen molar-refractivity contribution in [3.8, 4) is 0 Å². The summed E-state index contributed by atoms with van der Waals surface area (Å²) >= 11 is 0. The molecular formula is C14H25N3. The van der Waals surface area contributed by atoms with E-state index in [0.717, 1.165) is 36.6 Å². The summed E-state index contributed by atoms with van der Waals surface area (Å²) in [4.78, 5) is 9.10. The number of rotatable bonds is 6. The average molecular weight is 235 g/mol. The van der Waals surface area contributed by atoms with Crippen molar-refractivity contribution in [1.82, 2.24) is 15.3 Å². The van der Waals surface area contributed by atoms with E-state index in [1.165, 1.54) is 0 Å². The summed E-state index contributed by atoms with van der Waals surface area (Å²) in [5, 5.41) is 3.39. The van der Waals surface area contributed by atoms with Crippen molar-refractivity contribution < 1.29 is 0 Å². The summed E-state index contributed by atoms with van der Waals surface area (Å²) in [6.07, 6.45) is 2.13. The first kappa shape index (κ1) is 14.1. The van der Waals surface area contributed by atoms with Crippen LogP contribution >= 0.6 is 0 Å². The summed E-state index contributed by atoms with van der Waals surface area (Å²) in [7, 11) is 0. The molecule has 0 saturated heterocycles. The highest BCUT2D eigenvalue weighted by molar-refractivity contribution is 5.10. The molecule has 0 amide bonds. The summed E-state index contributed by atoms with van der Waals surface area (Å²) in [6, 6.07) is 2.55. The largest absolute Gasteiger partial charge is 0.309 e. The molecule has 1 aromatic heterocycles. The molecule has 1 heterocycles. The van der Waals surface area contributed by atoms with Crippen molar-refractivity contribution >= 4 is 0 Å². The fourth-order valence-corrected chi connectivity index (χ4v) is 1.63. The van der Waals surface area contributed by atoms with E-state index >= 15 is 0 Å². The molecule has 0 aliphatic carbocycles. The van der Waals surface area contributed by atoms with Crippen LogP contribution in [0, 0.1) is 12.8 Å². The lowest BCUT2D eigenvalue weighted by Gasteiger charge is -2.10. The maximum atomic E-state index is 4.60. The standard InChI is InChI=1S/C14H25N3/c1-10(2)6-7-14-16-12(5)8-13(17-14)9-15-11(3)4/h8,10-11,15H,6-7,9H2,1-5H3. The van der Waals surface area contributed by atoms with Gasteiger partial charge < -0.3 is 5.32 Å². The smallest absolute Gasteiger partial charge is 0.128 e. The van der Waals surface area contributed by atoms with Crippen LogP contribution in [0.3, 0.4) is 0 Å². The molecule has 1 rings (SSSR count). The molecule has 0 radical (unpaired) electrons. The van der Waals surface area contributed by atoms with Crippen molar-refractivity contribution in [1.29, 1.82) is 0 Å². The Bertz CT molecular complexity index is 315. The number of nitrogens with zero attached hydrogens (tertiary/aromatic N) is 2. The highest BCUT2D eigenvalue weighted by Gasteiger charge is 2.04. The fourth-order valence-electron chi connectivity index (χ4n) is 1.63. The normalized spacial score (nSPS) is 11.5. The predicted octanol–water partition coefficient (Wildman–Crippen LogP) is 2.87. The van der Waals surface area contributed by atoms with Crippen LogP contribution < -0.4 is 5.32 Å². The SMILES string of the molecule is Cc1cc(CNC(C)C)nc(CCC(C)C)n1. The molecule has 0 saturated carbocycles. The van der Waals surface area contributed by atoms with Gasteiger partial charge in [0.15, 0.2) is 0 Å². The first-order valence-electron chi connectivity index (χ1n) is 6.54. The zero-order valence-electron chi connectivity index (χ0n) is 11.7. The first-order valence-corrected chi connectivity index (χ1v) is 6.54. The van der Waals surface area contributed by atoms with Gasteiger partial charge in [0.05, 0.1) is 5.69 Å².